The Labute approximate surface area is 108 Å². The number of aryl methyl sites for hydroxylation is 2. The van der Waals surface area contributed by atoms with E-state index < -0.39 is 5.97 Å². The maximum atomic E-state index is 10.9. The van der Waals surface area contributed by atoms with Crippen molar-refractivity contribution < 1.29 is 9.90 Å². The number of carbonyl (C=O) groups is 1. The molecular weight excluding hydrogens is 226 g/mol. The molecule has 3 heteroatoms. The summed E-state index contributed by atoms with van der Waals surface area (Å²) in [5, 5.41) is 8.98. The quantitative estimate of drug-likeness (QED) is 0.892. The molecule has 18 heavy (non-hydrogen) atoms. The topological polar surface area (TPSA) is 40.5 Å². The van der Waals surface area contributed by atoms with Crippen LogP contribution in [0.15, 0.2) is 18.2 Å². The molecule has 1 aromatic rings. The van der Waals surface area contributed by atoms with Crippen LogP contribution in [0, 0.1) is 19.3 Å². The number of anilines is 1. The van der Waals surface area contributed by atoms with E-state index in [4.69, 9.17) is 5.11 Å². The molecule has 1 heterocycles. The first-order valence-electron chi connectivity index (χ1n) is 6.44. The minimum atomic E-state index is -0.694. The molecule has 1 aliphatic rings. The van der Waals surface area contributed by atoms with Gasteiger partial charge in [-0.25, -0.2) is 0 Å². The fourth-order valence-corrected chi connectivity index (χ4v) is 2.80. The summed E-state index contributed by atoms with van der Waals surface area (Å²) in [5.74, 6) is -0.694. The van der Waals surface area contributed by atoms with Crippen molar-refractivity contribution in [2.75, 3.05) is 18.0 Å². The highest BCUT2D eigenvalue weighted by atomic mass is 16.4. The van der Waals surface area contributed by atoms with Crippen LogP contribution in [0.1, 0.15) is 30.9 Å². The largest absolute Gasteiger partial charge is 0.481 e. The SMILES string of the molecule is Cc1ccc(C)c(N2CCC(C)(CC(=O)O)C2)c1. The Hall–Kier alpha value is -1.51. The molecule has 0 bridgehead atoms. The molecular formula is C15H21NO2. The van der Waals surface area contributed by atoms with E-state index in [-0.39, 0.29) is 11.8 Å². The normalized spacial score (nSPS) is 23.4. The second kappa shape index (κ2) is 4.63. The predicted molar refractivity (Wildman–Crippen MR) is 73.1 cm³/mol. The summed E-state index contributed by atoms with van der Waals surface area (Å²) in [6, 6.07) is 6.45. The highest BCUT2D eigenvalue weighted by molar-refractivity contribution is 5.68. The number of carboxylic acids is 1. The summed E-state index contributed by atoms with van der Waals surface area (Å²) in [6.07, 6.45) is 1.21. The molecule has 2 rings (SSSR count). The van der Waals surface area contributed by atoms with E-state index in [9.17, 15) is 4.79 Å². The minimum absolute atomic E-state index is 0.0952. The average Bonchev–Trinajstić information content (AvgIpc) is 2.63. The van der Waals surface area contributed by atoms with Crippen LogP contribution in [0.25, 0.3) is 0 Å². The number of hydrogen-bond acceptors (Lipinski definition) is 2. The second-order valence-electron chi connectivity index (χ2n) is 5.84. The maximum absolute atomic E-state index is 10.9. The first-order chi connectivity index (χ1) is 8.39. The average molecular weight is 247 g/mol. The van der Waals surface area contributed by atoms with Gasteiger partial charge in [0.2, 0.25) is 0 Å². The molecule has 0 aliphatic carbocycles. The molecule has 1 atom stereocenters. The molecule has 0 radical (unpaired) electrons. The van der Waals surface area contributed by atoms with Crippen LogP contribution in [0.2, 0.25) is 0 Å². The van der Waals surface area contributed by atoms with Crippen LogP contribution in [0.5, 0.6) is 0 Å². The fraction of sp³-hybridized carbons (Fsp3) is 0.533. The molecule has 1 aliphatic heterocycles. The maximum Gasteiger partial charge on any atom is 0.303 e. The van der Waals surface area contributed by atoms with Crippen molar-refractivity contribution in [3.05, 3.63) is 29.3 Å². The van der Waals surface area contributed by atoms with E-state index in [1.54, 1.807) is 0 Å². The van der Waals surface area contributed by atoms with Crippen LogP contribution in [0.4, 0.5) is 5.69 Å². The molecule has 1 unspecified atom stereocenters. The third kappa shape index (κ3) is 2.66. The van der Waals surface area contributed by atoms with E-state index >= 15 is 0 Å². The van der Waals surface area contributed by atoms with E-state index in [0.717, 1.165) is 19.5 Å². The second-order valence-corrected chi connectivity index (χ2v) is 5.84. The molecule has 1 N–H and O–H groups in total. The molecule has 1 saturated heterocycles. The van der Waals surface area contributed by atoms with Crippen molar-refractivity contribution in [3.63, 3.8) is 0 Å². The number of hydrogen-bond donors (Lipinski definition) is 1. The summed E-state index contributed by atoms with van der Waals surface area (Å²) in [5.41, 5.74) is 3.67. The molecule has 1 aromatic carbocycles. The van der Waals surface area contributed by atoms with E-state index in [0.29, 0.717) is 0 Å². The lowest BCUT2D eigenvalue weighted by molar-refractivity contribution is -0.139. The molecule has 0 aromatic heterocycles. The van der Waals surface area contributed by atoms with Crippen LogP contribution >= 0.6 is 0 Å². The van der Waals surface area contributed by atoms with Crippen molar-refractivity contribution in [1.29, 1.82) is 0 Å². The minimum Gasteiger partial charge on any atom is -0.481 e. The Morgan fingerprint density at radius 2 is 2.17 bits per heavy atom. The third-order valence-corrected chi connectivity index (χ3v) is 3.84. The Balaban J connectivity index is 2.17. The Bertz CT molecular complexity index is 470. The highest BCUT2D eigenvalue weighted by Gasteiger charge is 2.36. The zero-order valence-corrected chi connectivity index (χ0v) is 11.4. The van der Waals surface area contributed by atoms with Gasteiger partial charge in [0.1, 0.15) is 0 Å². The molecule has 1 fully saturated rings. The summed E-state index contributed by atoms with van der Waals surface area (Å²) < 4.78 is 0. The van der Waals surface area contributed by atoms with Crippen LogP contribution in [0.3, 0.4) is 0 Å². The van der Waals surface area contributed by atoms with Gasteiger partial charge in [-0.3, -0.25) is 4.79 Å². The van der Waals surface area contributed by atoms with Crippen LogP contribution in [-0.4, -0.2) is 24.2 Å². The Kier molecular flexibility index (Phi) is 3.33. The molecule has 3 nitrogen and oxygen atoms in total. The smallest absolute Gasteiger partial charge is 0.303 e. The summed E-state index contributed by atoms with van der Waals surface area (Å²) in [4.78, 5) is 13.2. The molecule has 98 valence electrons. The number of benzene rings is 1. The van der Waals surface area contributed by atoms with Crippen molar-refractivity contribution in [2.24, 2.45) is 5.41 Å². The number of carboxylic acid groups (broad SMARTS) is 1. The van der Waals surface area contributed by atoms with Gasteiger partial charge in [-0.05, 0) is 42.9 Å². The molecule has 0 amide bonds. The zero-order valence-electron chi connectivity index (χ0n) is 11.4. The number of aliphatic carboxylic acids is 1. The predicted octanol–water partition coefficient (Wildman–Crippen LogP) is 2.99. The van der Waals surface area contributed by atoms with E-state index in [1.807, 2.05) is 0 Å². The summed E-state index contributed by atoms with van der Waals surface area (Å²) in [7, 11) is 0. The van der Waals surface area contributed by atoms with Gasteiger partial charge in [0.25, 0.3) is 0 Å². The van der Waals surface area contributed by atoms with E-state index in [2.05, 4.69) is 43.9 Å². The van der Waals surface area contributed by atoms with Crippen molar-refractivity contribution in [1.82, 2.24) is 0 Å². The van der Waals surface area contributed by atoms with Gasteiger partial charge in [0.05, 0.1) is 6.42 Å². The van der Waals surface area contributed by atoms with Gasteiger partial charge >= 0.3 is 5.97 Å². The zero-order chi connectivity index (χ0) is 13.3. The van der Waals surface area contributed by atoms with Crippen molar-refractivity contribution >= 4 is 11.7 Å². The Morgan fingerprint density at radius 1 is 1.44 bits per heavy atom. The monoisotopic (exact) mass is 247 g/mol. The lowest BCUT2D eigenvalue weighted by Crippen LogP contribution is -2.27. The molecule has 0 saturated carbocycles. The van der Waals surface area contributed by atoms with Crippen molar-refractivity contribution in [2.45, 2.75) is 33.6 Å². The first kappa shape index (κ1) is 12.9. The lowest BCUT2D eigenvalue weighted by atomic mass is 9.86. The Morgan fingerprint density at radius 3 is 2.83 bits per heavy atom. The van der Waals surface area contributed by atoms with Gasteiger partial charge in [0.15, 0.2) is 0 Å². The van der Waals surface area contributed by atoms with Gasteiger partial charge in [-0.1, -0.05) is 19.1 Å². The van der Waals surface area contributed by atoms with Crippen LogP contribution in [-0.2, 0) is 4.79 Å². The fourth-order valence-electron chi connectivity index (χ4n) is 2.80. The number of nitrogens with zero attached hydrogens (tertiary/aromatic N) is 1. The lowest BCUT2D eigenvalue weighted by Gasteiger charge is -2.25. The number of rotatable bonds is 3. The molecule has 0 spiro atoms. The van der Waals surface area contributed by atoms with Gasteiger partial charge < -0.3 is 10.0 Å². The van der Waals surface area contributed by atoms with Crippen LogP contribution < -0.4 is 4.90 Å². The van der Waals surface area contributed by atoms with Gasteiger partial charge in [0, 0.05) is 18.8 Å². The standard InChI is InChI=1S/C15H21NO2/c1-11-4-5-12(2)13(8-11)16-7-6-15(3,10-16)9-14(17)18/h4-5,8H,6-7,9-10H2,1-3H3,(H,17,18). The van der Waals surface area contributed by atoms with Crippen molar-refractivity contribution in [3.8, 4) is 0 Å². The van der Waals surface area contributed by atoms with Gasteiger partial charge in [-0.15, -0.1) is 0 Å². The highest BCUT2D eigenvalue weighted by Crippen LogP contribution is 2.37. The first-order valence-corrected chi connectivity index (χ1v) is 6.44. The van der Waals surface area contributed by atoms with Gasteiger partial charge in [-0.2, -0.15) is 0 Å². The summed E-state index contributed by atoms with van der Waals surface area (Å²) in [6.45, 7) is 8.07. The summed E-state index contributed by atoms with van der Waals surface area (Å²) >= 11 is 0. The third-order valence-electron chi connectivity index (χ3n) is 3.84. The van der Waals surface area contributed by atoms with E-state index in [1.165, 1.54) is 16.8 Å².